The first kappa shape index (κ1) is 18.0. The predicted molar refractivity (Wildman–Crippen MR) is 106 cm³/mol. The van der Waals surface area contributed by atoms with E-state index < -0.39 is 0 Å². The summed E-state index contributed by atoms with van der Waals surface area (Å²) >= 11 is 0. The third-order valence-electron chi connectivity index (χ3n) is 5.56. The molecule has 2 amide bonds. The van der Waals surface area contributed by atoms with Crippen molar-refractivity contribution in [3.63, 3.8) is 0 Å². The summed E-state index contributed by atoms with van der Waals surface area (Å²) in [5.41, 5.74) is 3.82. The molecular formula is C22H27N3O2. The second-order valence-corrected chi connectivity index (χ2v) is 7.22. The molecule has 2 aromatic rings. The van der Waals surface area contributed by atoms with E-state index in [0.717, 1.165) is 39.1 Å². The number of hydrogen-bond acceptors (Lipinski definition) is 3. The lowest BCUT2D eigenvalue weighted by molar-refractivity contribution is 0.0167. The first-order valence-electron chi connectivity index (χ1n) is 9.80. The van der Waals surface area contributed by atoms with Gasteiger partial charge in [-0.2, -0.15) is 0 Å². The standard InChI is InChI=1S/C22H27N3O2/c26-22(24-20-11-10-17-6-4-5-9-19(17)20)23-16-21(18-7-2-1-3-8-18)25-12-14-27-15-13-25/h1-9,20-21H,10-16H2,(H2,23,24,26). The average Bonchev–Trinajstić information content (AvgIpc) is 3.13. The maximum absolute atomic E-state index is 12.6. The first-order valence-corrected chi connectivity index (χ1v) is 9.80. The smallest absolute Gasteiger partial charge is 0.315 e. The molecule has 0 saturated carbocycles. The number of benzene rings is 2. The number of urea groups is 1. The van der Waals surface area contributed by atoms with E-state index in [9.17, 15) is 4.79 Å². The number of nitrogens with zero attached hydrogens (tertiary/aromatic N) is 1. The topological polar surface area (TPSA) is 53.6 Å². The highest BCUT2D eigenvalue weighted by Crippen LogP contribution is 2.30. The highest BCUT2D eigenvalue weighted by molar-refractivity contribution is 5.74. The van der Waals surface area contributed by atoms with Crippen LogP contribution in [0.25, 0.3) is 0 Å². The second kappa shape index (κ2) is 8.55. The van der Waals surface area contributed by atoms with E-state index in [1.54, 1.807) is 0 Å². The van der Waals surface area contributed by atoms with Crippen LogP contribution in [0.2, 0.25) is 0 Å². The van der Waals surface area contributed by atoms with E-state index in [2.05, 4.69) is 58.0 Å². The van der Waals surface area contributed by atoms with E-state index in [1.807, 2.05) is 12.1 Å². The number of nitrogens with one attached hydrogen (secondary N) is 2. The summed E-state index contributed by atoms with van der Waals surface area (Å²) in [5.74, 6) is 0. The first-order chi connectivity index (χ1) is 13.3. The molecule has 2 aromatic carbocycles. The van der Waals surface area contributed by atoms with Crippen LogP contribution in [0, 0.1) is 0 Å². The van der Waals surface area contributed by atoms with E-state index in [-0.39, 0.29) is 18.1 Å². The maximum Gasteiger partial charge on any atom is 0.315 e. The number of fused-ring (bicyclic) bond motifs is 1. The van der Waals surface area contributed by atoms with Crippen molar-refractivity contribution in [3.8, 4) is 0 Å². The van der Waals surface area contributed by atoms with Gasteiger partial charge >= 0.3 is 6.03 Å². The normalized spacial score (nSPS) is 20.7. The third kappa shape index (κ3) is 4.31. The van der Waals surface area contributed by atoms with Gasteiger partial charge in [0.1, 0.15) is 0 Å². The van der Waals surface area contributed by atoms with Gasteiger partial charge in [-0.25, -0.2) is 4.79 Å². The Labute approximate surface area is 160 Å². The Morgan fingerprint density at radius 1 is 1.07 bits per heavy atom. The molecule has 1 heterocycles. The number of carbonyl (C=O) groups is 1. The van der Waals surface area contributed by atoms with Gasteiger partial charge in [0, 0.05) is 19.6 Å². The van der Waals surface area contributed by atoms with Crippen LogP contribution in [-0.2, 0) is 11.2 Å². The molecule has 5 nitrogen and oxygen atoms in total. The van der Waals surface area contributed by atoms with Crippen LogP contribution in [0.1, 0.15) is 35.2 Å². The van der Waals surface area contributed by atoms with Crippen molar-refractivity contribution in [1.82, 2.24) is 15.5 Å². The van der Waals surface area contributed by atoms with Crippen molar-refractivity contribution < 1.29 is 9.53 Å². The molecule has 4 rings (SSSR count). The number of aryl methyl sites for hydroxylation is 1. The molecule has 1 fully saturated rings. The molecule has 0 bridgehead atoms. The Morgan fingerprint density at radius 3 is 2.63 bits per heavy atom. The van der Waals surface area contributed by atoms with Gasteiger partial charge in [-0.05, 0) is 29.5 Å². The quantitative estimate of drug-likeness (QED) is 0.856. The van der Waals surface area contributed by atoms with Crippen LogP contribution in [-0.4, -0.2) is 43.8 Å². The summed E-state index contributed by atoms with van der Waals surface area (Å²) in [4.78, 5) is 15.0. The van der Waals surface area contributed by atoms with Crippen molar-refractivity contribution >= 4 is 6.03 Å². The molecular weight excluding hydrogens is 338 g/mol. The zero-order valence-corrected chi connectivity index (χ0v) is 15.6. The van der Waals surface area contributed by atoms with E-state index in [4.69, 9.17) is 4.74 Å². The molecule has 0 spiro atoms. The number of morpholine rings is 1. The van der Waals surface area contributed by atoms with Gasteiger partial charge in [0.15, 0.2) is 0 Å². The van der Waals surface area contributed by atoms with Gasteiger partial charge in [0.2, 0.25) is 0 Å². The van der Waals surface area contributed by atoms with Gasteiger partial charge in [-0.15, -0.1) is 0 Å². The molecule has 142 valence electrons. The van der Waals surface area contributed by atoms with Crippen molar-refractivity contribution in [2.24, 2.45) is 0 Å². The Morgan fingerprint density at radius 2 is 1.81 bits per heavy atom. The molecule has 1 aliphatic heterocycles. The van der Waals surface area contributed by atoms with Crippen LogP contribution in [0.15, 0.2) is 54.6 Å². The Balaban J connectivity index is 1.38. The zero-order valence-electron chi connectivity index (χ0n) is 15.6. The van der Waals surface area contributed by atoms with Crippen molar-refractivity contribution in [1.29, 1.82) is 0 Å². The molecule has 1 saturated heterocycles. The summed E-state index contributed by atoms with van der Waals surface area (Å²) in [6, 6.07) is 19.0. The fraction of sp³-hybridized carbons (Fsp3) is 0.409. The molecule has 2 unspecified atom stereocenters. The Bertz CT molecular complexity index is 759. The molecule has 2 atom stereocenters. The largest absolute Gasteiger partial charge is 0.379 e. The summed E-state index contributed by atoms with van der Waals surface area (Å²) in [5, 5.41) is 6.26. The Kier molecular flexibility index (Phi) is 5.70. The average molecular weight is 365 g/mol. The fourth-order valence-corrected chi connectivity index (χ4v) is 4.13. The van der Waals surface area contributed by atoms with Gasteiger partial charge in [-0.3, -0.25) is 4.90 Å². The van der Waals surface area contributed by atoms with E-state index in [1.165, 1.54) is 16.7 Å². The second-order valence-electron chi connectivity index (χ2n) is 7.22. The fourth-order valence-electron chi connectivity index (χ4n) is 4.13. The minimum atomic E-state index is -0.0918. The molecule has 0 radical (unpaired) electrons. The minimum absolute atomic E-state index is 0.0918. The minimum Gasteiger partial charge on any atom is -0.379 e. The van der Waals surface area contributed by atoms with Gasteiger partial charge < -0.3 is 15.4 Å². The molecule has 0 aromatic heterocycles. The molecule has 1 aliphatic carbocycles. The number of ether oxygens (including phenoxy) is 1. The molecule has 2 N–H and O–H groups in total. The van der Waals surface area contributed by atoms with Crippen LogP contribution in [0.5, 0.6) is 0 Å². The van der Waals surface area contributed by atoms with Crippen molar-refractivity contribution in [2.45, 2.75) is 24.9 Å². The van der Waals surface area contributed by atoms with Crippen LogP contribution in [0.4, 0.5) is 4.79 Å². The van der Waals surface area contributed by atoms with Crippen LogP contribution >= 0.6 is 0 Å². The Hall–Kier alpha value is -2.37. The SMILES string of the molecule is O=C(NCC(c1ccccc1)N1CCOCC1)NC1CCc2ccccc21. The highest BCUT2D eigenvalue weighted by Gasteiger charge is 2.25. The van der Waals surface area contributed by atoms with Gasteiger partial charge in [0.25, 0.3) is 0 Å². The lowest BCUT2D eigenvalue weighted by atomic mass is 10.0. The number of amides is 2. The molecule has 27 heavy (non-hydrogen) atoms. The van der Waals surface area contributed by atoms with Crippen LogP contribution in [0.3, 0.4) is 0 Å². The molecule has 2 aliphatic rings. The number of rotatable bonds is 5. The van der Waals surface area contributed by atoms with E-state index in [0.29, 0.717) is 6.54 Å². The predicted octanol–water partition coefficient (Wildman–Crippen LogP) is 3.05. The van der Waals surface area contributed by atoms with Gasteiger partial charge in [0.05, 0.1) is 25.3 Å². The number of hydrogen-bond donors (Lipinski definition) is 2. The number of carbonyl (C=O) groups excluding carboxylic acids is 1. The third-order valence-corrected chi connectivity index (χ3v) is 5.56. The summed E-state index contributed by atoms with van der Waals surface area (Å²) < 4.78 is 5.49. The highest BCUT2D eigenvalue weighted by atomic mass is 16.5. The maximum atomic E-state index is 12.6. The zero-order chi connectivity index (χ0) is 18.5. The lowest BCUT2D eigenvalue weighted by Gasteiger charge is -2.35. The lowest BCUT2D eigenvalue weighted by Crippen LogP contribution is -2.46. The summed E-state index contributed by atoms with van der Waals surface area (Å²) in [7, 11) is 0. The van der Waals surface area contributed by atoms with Crippen LogP contribution < -0.4 is 10.6 Å². The summed E-state index contributed by atoms with van der Waals surface area (Å²) in [6.07, 6.45) is 2.00. The van der Waals surface area contributed by atoms with Gasteiger partial charge in [-0.1, -0.05) is 54.6 Å². The van der Waals surface area contributed by atoms with Crippen molar-refractivity contribution in [2.75, 3.05) is 32.8 Å². The monoisotopic (exact) mass is 365 g/mol. The molecule has 5 heteroatoms. The van der Waals surface area contributed by atoms with E-state index >= 15 is 0 Å². The summed E-state index contributed by atoms with van der Waals surface area (Å²) in [6.45, 7) is 3.85. The van der Waals surface area contributed by atoms with Crippen molar-refractivity contribution in [3.05, 3.63) is 71.3 Å².